The van der Waals surface area contributed by atoms with Crippen LogP contribution in [0.3, 0.4) is 0 Å². The van der Waals surface area contributed by atoms with Gasteiger partial charge in [0.05, 0.1) is 4.92 Å². The van der Waals surface area contributed by atoms with Crippen molar-refractivity contribution >= 4 is 11.4 Å². The van der Waals surface area contributed by atoms with Crippen LogP contribution < -0.4 is 5.32 Å². The van der Waals surface area contributed by atoms with E-state index in [0.717, 1.165) is 23.1 Å². The Morgan fingerprint density at radius 3 is 2.63 bits per heavy atom. The quantitative estimate of drug-likeness (QED) is 0.644. The average molecular weight is 262 g/mol. The molecule has 1 saturated carbocycles. The van der Waals surface area contributed by atoms with E-state index < -0.39 is 0 Å². The van der Waals surface area contributed by atoms with E-state index in [-0.39, 0.29) is 10.6 Å². The predicted octanol–water partition coefficient (Wildman–Crippen LogP) is 4.00. The van der Waals surface area contributed by atoms with E-state index in [0.29, 0.717) is 12.5 Å². The van der Waals surface area contributed by atoms with Gasteiger partial charge in [0, 0.05) is 23.4 Å². The zero-order valence-electron chi connectivity index (χ0n) is 11.8. The molecule has 1 aromatic carbocycles. The molecule has 1 fully saturated rings. The summed E-state index contributed by atoms with van der Waals surface area (Å²) in [7, 11) is 0. The first-order chi connectivity index (χ1) is 9.01. The summed E-state index contributed by atoms with van der Waals surface area (Å²) in [5.74, 6) is 1.53. The molecular formula is C15H22N2O2. The van der Waals surface area contributed by atoms with Crippen molar-refractivity contribution in [2.45, 2.75) is 46.1 Å². The van der Waals surface area contributed by atoms with E-state index in [1.54, 1.807) is 6.07 Å². The van der Waals surface area contributed by atoms with Crippen molar-refractivity contribution in [2.24, 2.45) is 11.8 Å². The van der Waals surface area contributed by atoms with Crippen LogP contribution in [0.2, 0.25) is 0 Å². The maximum Gasteiger partial charge on any atom is 0.274 e. The highest BCUT2D eigenvalue weighted by Crippen LogP contribution is 2.36. The van der Waals surface area contributed by atoms with Crippen LogP contribution >= 0.6 is 0 Å². The fraction of sp³-hybridized carbons (Fsp3) is 0.600. The molecule has 0 saturated heterocycles. The van der Waals surface area contributed by atoms with Gasteiger partial charge in [-0.15, -0.1) is 0 Å². The molecule has 1 aliphatic rings. The number of nitro groups is 1. The first-order valence-electron chi connectivity index (χ1n) is 7.05. The number of aryl methyl sites for hydroxylation is 1. The number of nitro benzene ring substituents is 1. The van der Waals surface area contributed by atoms with E-state index >= 15 is 0 Å². The second-order valence-electron chi connectivity index (χ2n) is 5.77. The summed E-state index contributed by atoms with van der Waals surface area (Å²) in [6.45, 7) is 6.44. The number of nitrogens with one attached hydrogen (secondary N) is 1. The Hall–Kier alpha value is -1.58. The number of hydrogen-bond donors (Lipinski definition) is 1. The van der Waals surface area contributed by atoms with Gasteiger partial charge in [0.15, 0.2) is 0 Å². The van der Waals surface area contributed by atoms with Gasteiger partial charge in [-0.1, -0.05) is 26.8 Å². The molecule has 0 amide bonds. The van der Waals surface area contributed by atoms with Crippen LogP contribution in [0.4, 0.5) is 11.4 Å². The first kappa shape index (κ1) is 13.8. The Balaban J connectivity index is 2.02. The molecule has 0 unspecified atom stereocenters. The van der Waals surface area contributed by atoms with Gasteiger partial charge in [-0.25, -0.2) is 0 Å². The number of anilines is 1. The van der Waals surface area contributed by atoms with Gasteiger partial charge < -0.3 is 5.32 Å². The lowest BCUT2D eigenvalue weighted by Gasteiger charge is -2.39. The van der Waals surface area contributed by atoms with Crippen molar-refractivity contribution < 1.29 is 4.92 Å². The predicted molar refractivity (Wildman–Crippen MR) is 77.4 cm³/mol. The highest BCUT2D eigenvalue weighted by atomic mass is 16.6. The van der Waals surface area contributed by atoms with Gasteiger partial charge >= 0.3 is 0 Å². The molecule has 0 bridgehead atoms. The van der Waals surface area contributed by atoms with E-state index in [2.05, 4.69) is 19.2 Å². The standard InChI is InChI=1S/C15H22N2O2/c1-4-11-5-6-13(9-15(11)17(18)19)16-14-7-12(8-14)10(2)3/h5-6,9-10,12,14,16H,4,7-8H2,1-3H3. The lowest BCUT2D eigenvalue weighted by atomic mass is 9.73. The summed E-state index contributed by atoms with van der Waals surface area (Å²) in [6, 6.07) is 5.95. The highest BCUT2D eigenvalue weighted by molar-refractivity contribution is 5.56. The van der Waals surface area contributed by atoms with Gasteiger partial charge in [-0.3, -0.25) is 10.1 Å². The van der Waals surface area contributed by atoms with E-state index in [1.165, 1.54) is 12.8 Å². The van der Waals surface area contributed by atoms with Crippen LogP contribution in [-0.2, 0) is 6.42 Å². The Morgan fingerprint density at radius 1 is 1.42 bits per heavy atom. The Bertz CT molecular complexity index is 465. The van der Waals surface area contributed by atoms with Crippen LogP contribution in [0.15, 0.2) is 18.2 Å². The summed E-state index contributed by atoms with van der Waals surface area (Å²) >= 11 is 0. The van der Waals surface area contributed by atoms with Crippen LogP contribution in [0, 0.1) is 22.0 Å². The third kappa shape index (κ3) is 3.06. The van der Waals surface area contributed by atoms with Crippen molar-refractivity contribution in [1.29, 1.82) is 0 Å². The van der Waals surface area contributed by atoms with Crippen LogP contribution in [0.25, 0.3) is 0 Å². The molecule has 1 aromatic rings. The smallest absolute Gasteiger partial charge is 0.274 e. The minimum Gasteiger partial charge on any atom is -0.382 e. The van der Waals surface area contributed by atoms with Crippen molar-refractivity contribution in [3.63, 3.8) is 0 Å². The van der Waals surface area contributed by atoms with Crippen LogP contribution in [0.5, 0.6) is 0 Å². The Labute approximate surface area is 114 Å². The van der Waals surface area contributed by atoms with E-state index in [4.69, 9.17) is 0 Å². The summed E-state index contributed by atoms with van der Waals surface area (Å²) in [4.78, 5) is 10.7. The fourth-order valence-corrected chi connectivity index (χ4v) is 2.68. The maximum atomic E-state index is 11.0. The molecular weight excluding hydrogens is 240 g/mol. The topological polar surface area (TPSA) is 55.2 Å². The largest absolute Gasteiger partial charge is 0.382 e. The third-order valence-electron chi connectivity index (χ3n) is 4.15. The zero-order chi connectivity index (χ0) is 14.0. The summed E-state index contributed by atoms with van der Waals surface area (Å²) in [6.07, 6.45) is 3.03. The number of benzene rings is 1. The summed E-state index contributed by atoms with van der Waals surface area (Å²) < 4.78 is 0. The normalized spacial score (nSPS) is 22.1. The molecule has 104 valence electrons. The van der Waals surface area contributed by atoms with Gasteiger partial charge in [-0.05, 0) is 37.2 Å². The fourth-order valence-electron chi connectivity index (χ4n) is 2.68. The van der Waals surface area contributed by atoms with Crippen molar-refractivity contribution in [1.82, 2.24) is 0 Å². The minimum absolute atomic E-state index is 0.229. The molecule has 4 nitrogen and oxygen atoms in total. The second kappa shape index (κ2) is 5.59. The van der Waals surface area contributed by atoms with Gasteiger partial charge in [0.1, 0.15) is 0 Å². The van der Waals surface area contributed by atoms with Crippen molar-refractivity contribution in [3.05, 3.63) is 33.9 Å². The number of rotatable bonds is 5. The van der Waals surface area contributed by atoms with E-state index in [9.17, 15) is 10.1 Å². The first-order valence-corrected chi connectivity index (χ1v) is 7.05. The molecule has 0 radical (unpaired) electrons. The molecule has 1 N–H and O–H groups in total. The second-order valence-corrected chi connectivity index (χ2v) is 5.77. The van der Waals surface area contributed by atoms with E-state index in [1.807, 2.05) is 19.1 Å². The third-order valence-corrected chi connectivity index (χ3v) is 4.15. The molecule has 2 rings (SSSR count). The maximum absolute atomic E-state index is 11.0. The molecule has 19 heavy (non-hydrogen) atoms. The highest BCUT2D eigenvalue weighted by Gasteiger charge is 2.31. The van der Waals surface area contributed by atoms with Gasteiger partial charge in [-0.2, -0.15) is 0 Å². The molecule has 0 heterocycles. The number of nitrogens with zero attached hydrogens (tertiary/aromatic N) is 1. The average Bonchev–Trinajstić information content (AvgIpc) is 2.32. The summed E-state index contributed by atoms with van der Waals surface area (Å²) in [5, 5.41) is 14.4. The molecule has 0 aliphatic heterocycles. The molecule has 0 atom stereocenters. The lowest BCUT2D eigenvalue weighted by Crippen LogP contribution is -2.37. The molecule has 4 heteroatoms. The summed E-state index contributed by atoms with van der Waals surface area (Å²) in [5.41, 5.74) is 1.90. The van der Waals surface area contributed by atoms with Crippen LogP contribution in [0.1, 0.15) is 39.2 Å². The SMILES string of the molecule is CCc1ccc(NC2CC(C(C)C)C2)cc1[N+](=O)[O-]. The Morgan fingerprint density at radius 2 is 2.11 bits per heavy atom. The Kier molecular flexibility index (Phi) is 4.08. The van der Waals surface area contributed by atoms with Gasteiger partial charge in [0.2, 0.25) is 0 Å². The molecule has 0 aromatic heterocycles. The zero-order valence-corrected chi connectivity index (χ0v) is 11.8. The molecule has 0 spiro atoms. The lowest BCUT2D eigenvalue weighted by molar-refractivity contribution is -0.385. The van der Waals surface area contributed by atoms with Crippen molar-refractivity contribution in [2.75, 3.05) is 5.32 Å². The van der Waals surface area contributed by atoms with Gasteiger partial charge in [0.25, 0.3) is 5.69 Å². The minimum atomic E-state index is -0.290. The monoisotopic (exact) mass is 262 g/mol. The molecule has 1 aliphatic carbocycles. The van der Waals surface area contributed by atoms with Crippen molar-refractivity contribution in [3.8, 4) is 0 Å². The van der Waals surface area contributed by atoms with Crippen LogP contribution in [-0.4, -0.2) is 11.0 Å². The number of hydrogen-bond acceptors (Lipinski definition) is 3.